The van der Waals surface area contributed by atoms with Gasteiger partial charge >= 0.3 is 0 Å². The Morgan fingerprint density at radius 1 is 1.26 bits per heavy atom. The van der Waals surface area contributed by atoms with E-state index in [0.29, 0.717) is 17.3 Å². The largest absolute Gasteiger partial charge is 0.495 e. The number of hydrogen-bond donors (Lipinski definition) is 5. The van der Waals surface area contributed by atoms with Crippen LogP contribution >= 0.6 is 11.6 Å². The second-order valence-electron chi connectivity index (χ2n) is 11.6. The van der Waals surface area contributed by atoms with Crippen molar-refractivity contribution in [2.24, 2.45) is 10.7 Å². The lowest BCUT2D eigenvalue weighted by atomic mass is 9.81. The zero-order valence-corrected chi connectivity index (χ0v) is 25.9. The highest BCUT2D eigenvalue weighted by Gasteiger charge is 2.47. The third kappa shape index (κ3) is 5.72. The number of nitrogens with one attached hydrogen (secondary N) is 2. The third-order valence-corrected chi connectivity index (χ3v) is 8.57. The second kappa shape index (κ2) is 11.9. The van der Waals surface area contributed by atoms with Gasteiger partial charge in [0.15, 0.2) is 5.60 Å². The topological polar surface area (TPSA) is 204 Å². The number of carbonyl (C=O) groups excluding carboxylic acids is 2. The summed E-state index contributed by atoms with van der Waals surface area (Å²) in [5.74, 6) is -3.21. The summed E-state index contributed by atoms with van der Waals surface area (Å²) in [6.07, 6.45) is 4.74. The van der Waals surface area contributed by atoms with E-state index in [0.717, 1.165) is 18.9 Å². The van der Waals surface area contributed by atoms with Crippen LogP contribution in [0, 0.1) is 11.6 Å². The quantitative estimate of drug-likeness (QED) is 0.0958. The molecule has 2 aromatic heterocycles. The van der Waals surface area contributed by atoms with Crippen LogP contribution in [0.4, 0.5) is 14.5 Å². The maximum absolute atomic E-state index is 15.2. The van der Waals surface area contributed by atoms with Crippen molar-refractivity contribution in [1.29, 1.82) is 0 Å². The van der Waals surface area contributed by atoms with Crippen molar-refractivity contribution >= 4 is 35.3 Å². The lowest BCUT2D eigenvalue weighted by Gasteiger charge is -2.28. The van der Waals surface area contributed by atoms with Crippen LogP contribution in [0.2, 0.25) is 5.02 Å². The number of benzene rings is 2. The number of fused-ring (bicyclic) bond motifs is 1. The van der Waals surface area contributed by atoms with Gasteiger partial charge in [0.1, 0.15) is 46.5 Å². The molecule has 1 saturated carbocycles. The Labute approximate surface area is 271 Å². The van der Waals surface area contributed by atoms with Gasteiger partial charge in [-0.3, -0.25) is 14.6 Å². The number of anilines is 1. The summed E-state index contributed by atoms with van der Waals surface area (Å²) >= 11 is 6.00. The fourth-order valence-corrected chi connectivity index (χ4v) is 5.34. The Kier molecular flexibility index (Phi) is 8.05. The minimum absolute atomic E-state index is 0.0162. The standard InChI is InChI=1S/C31H29ClF2N8O5/c1-30(29(36)44)13-47-27-18(30)8-23(40-26(27)17-7-19(32)21(34)9-20(17)33)31(45,24-11-39-42-41-24)12-38-28(43)14-5-15(10-37-16-3-4-16)25(35)22(6-14)46-2/h5-11,16,45H,3-4,12-13,35H2,1-2H3,(H2,36,44)(H,38,43)(H,39,41,42)/t30-,31-/m0/s1. The minimum Gasteiger partial charge on any atom is -0.495 e. The van der Waals surface area contributed by atoms with E-state index in [1.807, 2.05) is 0 Å². The molecule has 1 aliphatic carbocycles. The maximum Gasteiger partial charge on any atom is 0.251 e. The molecule has 6 rings (SSSR count). The average molecular weight is 667 g/mol. The van der Waals surface area contributed by atoms with Crippen LogP contribution in [-0.4, -0.2) is 69.8 Å². The van der Waals surface area contributed by atoms with Gasteiger partial charge in [0.05, 0.1) is 42.3 Å². The number of rotatable bonds is 10. The molecule has 3 heterocycles. The highest BCUT2D eigenvalue weighted by Crippen LogP contribution is 2.47. The Balaban J connectivity index is 1.44. The number of carbonyl (C=O) groups is 2. The third-order valence-electron chi connectivity index (χ3n) is 8.28. The van der Waals surface area contributed by atoms with Crippen molar-refractivity contribution in [3.8, 4) is 22.8 Å². The van der Waals surface area contributed by atoms with E-state index in [-0.39, 0.29) is 57.9 Å². The number of aromatic nitrogens is 4. The minimum atomic E-state index is -2.23. The van der Waals surface area contributed by atoms with Gasteiger partial charge in [-0.05, 0) is 44.0 Å². The summed E-state index contributed by atoms with van der Waals surface area (Å²) in [6, 6.07) is 6.14. The number of aliphatic imine (C=N–C) groups is 1. The fourth-order valence-electron chi connectivity index (χ4n) is 5.17. The Hall–Kier alpha value is -5.15. The van der Waals surface area contributed by atoms with Crippen molar-refractivity contribution in [2.45, 2.75) is 36.8 Å². The molecule has 2 aliphatic rings. The predicted molar refractivity (Wildman–Crippen MR) is 166 cm³/mol. The molecule has 0 unspecified atom stereocenters. The molecular formula is C31H29ClF2N8O5. The van der Waals surface area contributed by atoms with Gasteiger partial charge in [0.2, 0.25) is 5.91 Å². The summed E-state index contributed by atoms with van der Waals surface area (Å²) in [6.45, 7) is 0.748. The van der Waals surface area contributed by atoms with E-state index in [4.69, 9.17) is 32.5 Å². The first-order valence-corrected chi connectivity index (χ1v) is 14.7. The Bertz CT molecular complexity index is 1940. The molecule has 47 heavy (non-hydrogen) atoms. The molecule has 4 aromatic rings. The number of nitrogens with zero attached hydrogens (tertiary/aromatic N) is 4. The van der Waals surface area contributed by atoms with E-state index < -0.39 is 46.0 Å². The average Bonchev–Trinajstić information content (AvgIpc) is 3.57. The number of ether oxygens (including phenoxy) is 2. The molecule has 0 saturated heterocycles. The maximum atomic E-state index is 15.2. The Morgan fingerprint density at radius 3 is 2.68 bits per heavy atom. The number of aromatic amines is 1. The van der Waals surface area contributed by atoms with Crippen LogP contribution in [-0.2, 0) is 15.8 Å². The number of methoxy groups -OCH3 is 1. The van der Waals surface area contributed by atoms with Crippen LogP contribution < -0.4 is 26.3 Å². The highest BCUT2D eigenvalue weighted by molar-refractivity contribution is 6.31. The molecule has 1 fully saturated rings. The zero-order chi connectivity index (χ0) is 33.7. The molecule has 7 N–H and O–H groups in total. The number of nitrogens with two attached hydrogens (primary N) is 2. The number of aliphatic hydroxyl groups is 1. The van der Waals surface area contributed by atoms with Crippen molar-refractivity contribution in [1.82, 2.24) is 25.7 Å². The van der Waals surface area contributed by atoms with E-state index in [1.54, 1.807) is 6.21 Å². The van der Waals surface area contributed by atoms with Gasteiger partial charge in [0.25, 0.3) is 5.91 Å². The molecule has 2 atom stereocenters. The van der Waals surface area contributed by atoms with Crippen molar-refractivity contribution < 1.29 is 33.0 Å². The molecule has 2 amide bonds. The second-order valence-corrected chi connectivity index (χ2v) is 12.0. The van der Waals surface area contributed by atoms with Gasteiger partial charge < -0.3 is 31.4 Å². The van der Waals surface area contributed by atoms with E-state index in [2.05, 4.69) is 30.7 Å². The monoisotopic (exact) mass is 666 g/mol. The molecule has 0 spiro atoms. The lowest BCUT2D eigenvalue weighted by Crippen LogP contribution is -2.43. The van der Waals surface area contributed by atoms with Crippen molar-refractivity contribution in [2.75, 3.05) is 26.0 Å². The van der Waals surface area contributed by atoms with Gasteiger partial charge in [-0.1, -0.05) is 11.6 Å². The van der Waals surface area contributed by atoms with E-state index in [9.17, 15) is 19.1 Å². The van der Waals surface area contributed by atoms with Crippen molar-refractivity contribution in [3.05, 3.63) is 81.3 Å². The molecule has 16 heteroatoms. The number of nitrogen functional groups attached to an aromatic ring is 1. The lowest BCUT2D eigenvalue weighted by molar-refractivity contribution is -0.123. The number of pyridine rings is 1. The smallest absolute Gasteiger partial charge is 0.251 e. The molecule has 13 nitrogen and oxygen atoms in total. The summed E-state index contributed by atoms with van der Waals surface area (Å²) in [7, 11) is 1.41. The number of H-pyrrole nitrogens is 1. The van der Waals surface area contributed by atoms with Crippen LogP contribution in [0.5, 0.6) is 11.5 Å². The number of amides is 2. The van der Waals surface area contributed by atoms with Gasteiger partial charge in [0, 0.05) is 34.5 Å². The number of primary amides is 1. The van der Waals surface area contributed by atoms with E-state index in [1.165, 1.54) is 38.4 Å². The van der Waals surface area contributed by atoms with Crippen LogP contribution in [0.15, 0.2) is 41.5 Å². The molecule has 0 radical (unpaired) electrons. The number of halogens is 3. The normalized spacial score (nSPS) is 18.4. The van der Waals surface area contributed by atoms with Crippen LogP contribution in [0.3, 0.4) is 0 Å². The van der Waals surface area contributed by atoms with Crippen LogP contribution in [0.25, 0.3) is 11.3 Å². The summed E-state index contributed by atoms with van der Waals surface area (Å²) in [4.78, 5) is 35.2. The van der Waals surface area contributed by atoms with Gasteiger partial charge in [-0.15, -0.1) is 0 Å². The first kappa shape index (κ1) is 31.8. The predicted octanol–water partition coefficient (Wildman–Crippen LogP) is 2.77. The van der Waals surface area contributed by atoms with Gasteiger partial charge in [-0.2, -0.15) is 15.4 Å². The first-order chi connectivity index (χ1) is 22.4. The zero-order valence-electron chi connectivity index (χ0n) is 25.1. The van der Waals surface area contributed by atoms with Gasteiger partial charge in [-0.25, -0.2) is 13.8 Å². The first-order valence-electron chi connectivity index (χ1n) is 14.4. The Morgan fingerprint density at radius 2 is 2.02 bits per heavy atom. The highest BCUT2D eigenvalue weighted by atomic mass is 35.5. The van der Waals surface area contributed by atoms with E-state index >= 15 is 4.39 Å². The number of hydrogen-bond acceptors (Lipinski definition) is 10. The molecule has 1 aliphatic heterocycles. The molecule has 0 bridgehead atoms. The summed E-state index contributed by atoms with van der Waals surface area (Å²) in [5.41, 5.74) is 8.65. The summed E-state index contributed by atoms with van der Waals surface area (Å²) in [5, 5.41) is 24.8. The molecule has 2 aromatic carbocycles. The fraction of sp³-hybridized carbons (Fsp3) is 0.290. The molecular weight excluding hydrogens is 638 g/mol. The SMILES string of the molecule is COc1cc(C(=O)NC[C@@](O)(c2cn[nH]n2)c2cc3c(c(-c4cc(Cl)c(F)cc4F)n2)OC[C@]3(C)C(N)=O)cc(C=NC2CC2)c1N. The van der Waals surface area contributed by atoms with Crippen molar-refractivity contribution in [3.63, 3.8) is 0 Å². The molecule has 244 valence electrons. The van der Waals surface area contributed by atoms with Crippen LogP contribution in [0.1, 0.15) is 52.6 Å². The summed E-state index contributed by atoms with van der Waals surface area (Å²) < 4.78 is 40.5.